The van der Waals surface area contributed by atoms with Crippen LogP contribution in [0.4, 0.5) is 0 Å². The first-order valence-electron chi connectivity index (χ1n) is 3.29. The molecule has 3 heteroatoms. The maximum atomic E-state index is 10.8. The smallest absolute Gasteiger partial charge is 0.159 e. The van der Waals surface area contributed by atoms with Crippen LogP contribution in [0, 0.1) is 0 Å². The summed E-state index contributed by atoms with van der Waals surface area (Å²) in [6.07, 6.45) is 6.02. The van der Waals surface area contributed by atoms with E-state index in [1.807, 2.05) is 6.08 Å². The molecule has 0 bridgehead atoms. The van der Waals surface area contributed by atoms with Gasteiger partial charge < -0.3 is 0 Å². The molecule has 1 nitrogen and oxygen atoms in total. The monoisotopic (exact) mass is 234 g/mol. The van der Waals surface area contributed by atoms with Crippen molar-refractivity contribution in [1.29, 1.82) is 0 Å². The number of hydrogen-bond donors (Lipinski definition) is 0. The largest absolute Gasteiger partial charge is 0.295 e. The molecule has 1 aliphatic carbocycles. The molecule has 0 heterocycles. The van der Waals surface area contributed by atoms with Crippen LogP contribution >= 0.6 is 27.5 Å². The summed E-state index contributed by atoms with van der Waals surface area (Å²) in [5, 5.41) is 0. The Morgan fingerprint density at radius 2 is 2.45 bits per heavy atom. The number of carbonyl (C=O) groups is 1. The number of hydrogen-bond acceptors (Lipinski definition) is 1. The van der Waals surface area contributed by atoms with Crippen LogP contribution in [0.5, 0.6) is 0 Å². The molecule has 1 aliphatic rings. The third-order valence-corrected chi connectivity index (χ3v) is 2.38. The molecule has 0 radical (unpaired) electrons. The average molecular weight is 236 g/mol. The Morgan fingerprint density at radius 1 is 1.82 bits per heavy atom. The van der Waals surface area contributed by atoms with Crippen LogP contribution in [0.1, 0.15) is 13.3 Å². The van der Waals surface area contributed by atoms with E-state index < -0.39 is 3.78 Å². The fourth-order valence-electron chi connectivity index (χ4n) is 0.855. The number of ketones is 1. The minimum absolute atomic E-state index is 0.0842. The Kier molecular flexibility index (Phi) is 2.55. The zero-order valence-electron chi connectivity index (χ0n) is 6.10. The van der Waals surface area contributed by atoms with Crippen LogP contribution in [-0.2, 0) is 4.79 Å². The molecule has 0 fully saturated rings. The highest BCUT2D eigenvalue weighted by molar-refractivity contribution is 9.10. The molecule has 0 aromatic rings. The lowest BCUT2D eigenvalue weighted by Crippen LogP contribution is -2.11. The minimum Gasteiger partial charge on any atom is -0.295 e. The Balaban J connectivity index is 2.75. The van der Waals surface area contributed by atoms with Crippen LogP contribution in [-0.4, -0.2) is 9.57 Å². The fourth-order valence-corrected chi connectivity index (χ4v) is 1.29. The van der Waals surface area contributed by atoms with Crippen LogP contribution in [0.15, 0.2) is 23.8 Å². The van der Waals surface area contributed by atoms with Crippen molar-refractivity contribution in [3.63, 3.8) is 0 Å². The van der Waals surface area contributed by atoms with Gasteiger partial charge in [0.15, 0.2) is 5.78 Å². The van der Waals surface area contributed by atoms with Gasteiger partial charge in [-0.25, -0.2) is 0 Å². The van der Waals surface area contributed by atoms with Gasteiger partial charge in [-0.15, -0.1) is 11.6 Å². The third kappa shape index (κ3) is 2.46. The second-order valence-corrected chi connectivity index (χ2v) is 5.06. The summed E-state index contributed by atoms with van der Waals surface area (Å²) in [6.45, 7) is 1.55. The first kappa shape index (κ1) is 9.01. The Hall–Kier alpha value is -0.0800. The van der Waals surface area contributed by atoms with Gasteiger partial charge in [0, 0.05) is 5.57 Å². The zero-order valence-corrected chi connectivity index (χ0v) is 8.45. The minimum atomic E-state index is -0.480. The second-order valence-electron chi connectivity index (χ2n) is 2.51. The quantitative estimate of drug-likeness (QED) is 0.639. The van der Waals surface area contributed by atoms with E-state index in [4.69, 9.17) is 11.6 Å². The first-order chi connectivity index (χ1) is 5.01. The molecule has 0 saturated heterocycles. The number of halogens is 2. The fraction of sp³-hybridized carbons (Fsp3) is 0.375. The van der Waals surface area contributed by atoms with Crippen molar-refractivity contribution in [1.82, 2.24) is 0 Å². The van der Waals surface area contributed by atoms with Crippen LogP contribution in [0.2, 0.25) is 0 Å². The molecule has 0 aromatic heterocycles. The highest BCUT2D eigenvalue weighted by Crippen LogP contribution is 2.33. The molecule has 0 saturated carbocycles. The van der Waals surface area contributed by atoms with Gasteiger partial charge in [0.1, 0.15) is 3.78 Å². The summed E-state index contributed by atoms with van der Waals surface area (Å²) in [5.74, 6) is 0.0842. The van der Waals surface area contributed by atoms with Gasteiger partial charge >= 0.3 is 0 Å². The molecule has 0 aliphatic heterocycles. The van der Waals surface area contributed by atoms with Gasteiger partial charge in [0.25, 0.3) is 0 Å². The van der Waals surface area contributed by atoms with Crippen LogP contribution < -0.4 is 0 Å². The number of rotatable bonds is 1. The summed E-state index contributed by atoms with van der Waals surface area (Å²) in [5.41, 5.74) is 0.737. The Labute approximate surface area is 79.2 Å². The second kappa shape index (κ2) is 3.11. The zero-order chi connectivity index (χ0) is 8.48. The SMILES string of the molecule is CC(=O)C1=CCC(Cl)(Br)C=C1. The van der Waals surface area contributed by atoms with Gasteiger partial charge in [-0.05, 0) is 13.3 Å². The molecular formula is C8H8BrClO. The van der Waals surface area contributed by atoms with E-state index >= 15 is 0 Å². The van der Waals surface area contributed by atoms with E-state index in [1.54, 1.807) is 19.1 Å². The van der Waals surface area contributed by atoms with Gasteiger partial charge in [0.05, 0.1) is 0 Å². The summed E-state index contributed by atoms with van der Waals surface area (Å²) < 4.78 is -0.480. The molecular weight excluding hydrogens is 227 g/mol. The van der Waals surface area contributed by atoms with Crippen molar-refractivity contribution < 1.29 is 4.79 Å². The molecule has 11 heavy (non-hydrogen) atoms. The van der Waals surface area contributed by atoms with Crippen LogP contribution in [0.3, 0.4) is 0 Å². The van der Waals surface area contributed by atoms with Crippen molar-refractivity contribution in [2.24, 2.45) is 0 Å². The summed E-state index contributed by atoms with van der Waals surface area (Å²) in [6, 6.07) is 0. The molecule has 0 aromatic carbocycles. The molecule has 60 valence electrons. The van der Waals surface area contributed by atoms with Crippen LogP contribution in [0.25, 0.3) is 0 Å². The first-order valence-corrected chi connectivity index (χ1v) is 4.46. The summed E-state index contributed by atoms with van der Waals surface area (Å²) in [4.78, 5) is 10.8. The molecule has 0 N–H and O–H groups in total. The predicted molar refractivity (Wildman–Crippen MR) is 50.0 cm³/mol. The maximum Gasteiger partial charge on any atom is 0.159 e. The van der Waals surface area contributed by atoms with Gasteiger partial charge in [-0.2, -0.15) is 0 Å². The van der Waals surface area contributed by atoms with Gasteiger partial charge in [0.2, 0.25) is 0 Å². The van der Waals surface area contributed by atoms with Crippen molar-refractivity contribution in [2.45, 2.75) is 17.1 Å². The predicted octanol–water partition coefficient (Wildman–Crippen LogP) is 2.79. The van der Waals surface area contributed by atoms with Crippen molar-refractivity contribution in [3.8, 4) is 0 Å². The third-order valence-electron chi connectivity index (χ3n) is 1.51. The Morgan fingerprint density at radius 3 is 2.82 bits per heavy atom. The van der Waals surface area contributed by atoms with E-state index in [2.05, 4.69) is 15.9 Å². The van der Waals surface area contributed by atoms with Gasteiger partial charge in [-0.1, -0.05) is 34.2 Å². The summed E-state index contributed by atoms with van der Waals surface area (Å²) >= 11 is 9.21. The molecule has 0 amide bonds. The molecule has 1 rings (SSSR count). The maximum absolute atomic E-state index is 10.8. The number of allylic oxidation sites excluding steroid dienone is 4. The topological polar surface area (TPSA) is 17.1 Å². The highest BCUT2D eigenvalue weighted by atomic mass is 79.9. The number of carbonyl (C=O) groups excluding carboxylic acids is 1. The van der Waals surface area contributed by atoms with Gasteiger partial charge in [-0.3, -0.25) is 4.79 Å². The normalized spacial score (nSPS) is 29.9. The lowest BCUT2D eigenvalue weighted by Gasteiger charge is -2.16. The molecule has 1 unspecified atom stereocenters. The average Bonchev–Trinajstić information content (AvgIpc) is 1.86. The lowest BCUT2D eigenvalue weighted by atomic mass is 10.0. The highest BCUT2D eigenvalue weighted by Gasteiger charge is 2.21. The van der Waals surface area contributed by atoms with Crippen molar-refractivity contribution >= 4 is 33.3 Å². The number of Topliss-reactive ketones (excluding diaryl/α,β-unsaturated/α-hetero) is 1. The van der Waals surface area contributed by atoms with E-state index in [0.717, 1.165) is 5.57 Å². The molecule has 1 atom stereocenters. The van der Waals surface area contributed by atoms with E-state index in [9.17, 15) is 4.79 Å². The number of alkyl halides is 2. The molecule has 0 spiro atoms. The summed E-state index contributed by atoms with van der Waals surface area (Å²) in [7, 11) is 0. The van der Waals surface area contributed by atoms with Crippen molar-refractivity contribution in [2.75, 3.05) is 0 Å². The standard InChI is InChI=1S/C8H8BrClO/c1-6(11)7-2-4-8(9,10)5-3-7/h2-4H,5H2,1H3. The van der Waals surface area contributed by atoms with E-state index in [-0.39, 0.29) is 5.78 Å². The Bertz CT molecular complexity index is 240. The van der Waals surface area contributed by atoms with E-state index in [0.29, 0.717) is 6.42 Å². The lowest BCUT2D eigenvalue weighted by molar-refractivity contribution is -0.113. The van der Waals surface area contributed by atoms with E-state index in [1.165, 1.54) is 0 Å². The van der Waals surface area contributed by atoms with Crippen molar-refractivity contribution in [3.05, 3.63) is 23.8 Å².